The van der Waals surface area contributed by atoms with Crippen molar-refractivity contribution < 1.29 is 22.4 Å². The molecule has 39 heavy (non-hydrogen) atoms. The fourth-order valence-corrected chi connectivity index (χ4v) is 6.39. The number of amides is 1. The SMILES string of the molecule is CCCCCCCCS(=O)(=O)N(CCCN1CCOCC1)CC(=O)N(Cc1ccccc1)Cc1ccc(C)o1. The van der Waals surface area contributed by atoms with Crippen LogP contribution in [0.5, 0.6) is 0 Å². The van der Waals surface area contributed by atoms with Gasteiger partial charge in [0.15, 0.2) is 0 Å². The summed E-state index contributed by atoms with van der Waals surface area (Å²) in [6.07, 6.45) is 6.73. The minimum Gasteiger partial charge on any atom is -0.464 e. The second kappa shape index (κ2) is 16.8. The molecule has 2 heterocycles. The van der Waals surface area contributed by atoms with E-state index >= 15 is 0 Å². The van der Waals surface area contributed by atoms with Gasteiger partial charge in [0.1, 0.15) is 11.5 Å². The molecule has 0 spiro atoms. The Bertz CT molecular complexity index is 1070. The van der Waals surface area contributed by atoms with Crippen molar-refractivity contribution in [3.63, 3.8) is 0 Å². The van der Waals surface area contributed by atoms with Crippen molar-refractivity contribution in [2.75, 3.05) is 51.7 Å². The van der Waals surface area contributed by atoms with E-state index in [1.165, 1.54) is 10.7 Å². The highest BCUT2D eigenvalue weighted by Crippen LogP contribution is 2.16. The van der Waals surface area contributed by atoms with Gasteiger partial charge in [-0.25, -0.2) is 8.42 Å². The average Bonchev–Trinajstić information content (AvgIpc) is 3.35. The van der Waals surface area contributed by atoms with Crippen LogP contribution in [0.3, 0.4) is 0 Å². The molecule has 218 valence electrons. The molecule has 1 amide bonds. The van der Waals surface area contributed by atoms with Crippen molar-refractivity contribution in [1.29, 1.82) is 0 Å². The van der Waals surface area contributed by atoms with Gasteiger partial charge < -0.3 is 14.1 Å². The molecule has 8 nitrogen and oxygen atoms in total. The van der Waals surface area contributed by atoms with E-state index < -0.39 is 10.0 Å². The van der Waals surface area contributed by atoms with Gasteiger partial charge in [-0.3, -0.25) is 9.69 Å². The van der Waals surface area contributed by atoms with Gasteiger partial charge in [-0.15, -0.1) is 0 Å². The Morgan fingerprint density at radius 3 is 2.33 bits per heavy atom. The summed E-state index contributed by atoms with van der Waals surface area (Å²) >= 11 is 0. The maximum atomic E-state index is 13.7. The predicted octanol–water partition coefficient (Wildman–Crippen LogP) is 4.83. The first-order valence-corrected chi connectivity index (χ1v) is 16.1. The maximum Gasteiger partial charge on any atom is 0.238 e. The number of furan rings is 1. The van der Waals surface area contributed by atoms with Crippen LogP contribution in [0.4, 0.5) is 0 Å². The Balaban J connectivity index is 1.68. The summed E-state index contributed by atoms with van der Waals surface area (Å²) in [5.41, 5.74) is 0.989. The van der Waals surface area contributed by atoms with Gasteiger partial charge in [-0.2, -0.15) is 4.31 Å². The van der Waals surface area contributed by atoms with Gasteiger partial charge in [0, 0.05) is 26.2 Å². The molecule has 1 aliphatic rings. The first kappa shape index (κ1) is 31.3. The van der Waals surface area contributed by atoms with Crippen LogP contribution in [0.25, 0.3) is 0 Å². The van der Waals surface area contributed by atoms with Crippen LogP contribution in [-0.4, -0.2) is 80.1 Å². The molecule has 0 unspecified atom stereocenters. The van der Waals surface area contributed by atoms with Gasteiger partial charge >= 0.3 is 0 Å². The first-order valence-electron chi connectivity index (χ1n) is 14.5. The van der Waals surface area contributed by atoms with Gasteiger partial charge in [-0.1, -0.05) is 69.4 Å². The highest BCUT2D eigenvalue weighted by molar-refractivity contribution is 7.89. The third-order valence-electron chi connectivity index (χ3n) is 7.16. The second-order valence-corrected chi connectivity index (χ2v) is 12.6. The molecule has 9 heteroatoms. The standard InChI is InChI=1S/C30H47N3O5S/c1-3-4-5-6-7-11-23-39(35,36)33(18-12-17-31-19-21-37-22-20-31)26-30(34)32(24-28-13-9-8-10-14-28)25-29-16-15-27(2)38-29/h8-10,13-16H,3-7,11-12,17-26H2,1-2H3. The molecule has 1 aromatic carbocycles. The zero-order chi connectivity index (χ0) is 27.9. The molecular weight excluding hydrogens is 514 g/mol. The zero-order valence-electron chi connectivity index (χ0n) is 23.9. The average molecular weight is 562 g/mol. The van der Waals surface area contributed by atoms with E-state index in [-0.39, 0.29) is 18.2 Å². The van der Waals surface area contributed by atoms with Crippen molar-refractivity contribution in [2.45, 2.75) is 71.9 Å². The molecule has 0 radical (unpaired) electrons. The molecule has 1 aliphatic heterocycles. The number of hydrogen-bond donors (Lipinski definition) is 0. The van der Waals surface area contributed by atoms with Gasteiger partial charge in [-0.05, 0) is 44.0 Å². The number of hydrogen-bond acceptors (Lipinski definition) is 6. The molecule has 0 aliphatic carbocycles. The smallest absolute Gasteiger partial charge is 0.238 e. The molecule has 0 N–H and O–H groups in total. The highest BCUT2D eigenvalue weighted by atomic mass is 32.2. The maximum absolute atomic E-state index is 13.7. The van der Waals surface area contributed by atoms with E-state index in [0.717, 1.165) is 56.6 Å². The third-order valence-corrected chi connectivity index (χ3v) is 9.06. The number of aryl methyl sites for hydroxylation is 1. The van der Waals surface area contributed by atoms with Crippen molar-refractivity contribution >= 4 is 15.9 Å². The molecular formula is C30H47N3O5S. The highest BCUT2D eigenvalue weighted by Gasteiger charge is 2.27. The molecule has 0 bridgehead atoms. The number of benzene rings is 1. The van der Waals surface area contributed by atoms with Gasteiger partial charge in [0.25, 0.3) is 0 Å². The summed E-state index contributed by atoms with van der Waals surface area (Å²) in [4.78, 5) is 17.7. The summed E-state index contributed by atoms with van der Waals surface area (Å²) in [6, 6.07) is 13.5. The lowest BCUT2D eigenvalue weighted by Gasteiger charge is -2.29. The van der Waals surface area contributed by atoms with Crippen LogP contribution in [0, 0.1) is 6.92 Å². The number of carbonyl (C=O) groups excluding carboxylic acids is 1. The van der Waals surface area contributed by atoms with E-state index in [2.05, 4.69) is 11.8 Å². The monoisotopic (exact) mass is 561 g/mol. The molecule has 2 aromatic rings. The predicted molar refractivity (Wildman–Crippen MR) is 155 cm³/mol. The molecule has 1 saturated heterocycles. The Morgan fingerprint density at radius 1 is 0.923 bits per heavy atom. The van der Waals surface area contributed by atoms with Crippen LogP contribution in [0.15, 0.2) is 46.9 Å². The van der Waals surface area contributed by atoms with Crippen molar-refractivity contribution in [3.05, 3.63) is 59.5 Å². The zero-order valence-corrected chi connectivity index (χ0v) is 24.7. The lowest BCUT2D eigenvalue weighted by atomic mass is 10.1. The van der Waals surface area contributed by atoms with Crippen molar-refractivity contribution in [1.82, 2.24) is 14.1 Å². The molecule has 1 fully saturated rings. The Kier molecular flexibility index (Phi) is 13.5. The van der Waals surface area contributed by atoms with Crippen LogP contribution < -0.4 is 0 Å². The van der Waals surface area contributed by atoms with Crippen LogP contribution >= 0.6 is 0 Å². The van der Waals surface area contributed by atoms with Crippen molar-refractivity contribution in [3.8, 4) is 0 Å². The fraction of sp³-hybridized carbons (Fsp3) is 0.633. The first-order chi connectivity index (χ1) is 18.9. The summed E-state index contributed by atoms with van der Waals surface area (Å²) in [5, 5.41) is 0. The molecule has 0 saturated carbocycles. The van der Waals surface area contributed by atoms with Crippen LogP contribution in [0.2, 0.25) is 0 Å². The van der Waals surface area contributed by atoms with Gasteiger partial charge in [0.05, 0.1) is 32.1 Å². The molecule has 0 atom stereocenters. The Morgan fingerprint density at radius 2 is 1.64 bits per heavy atom. The number of carbonyl (C=O) groups is 1. The number of morpholine rings is 1. The lowest BCUT2D eigenvalue weighted by Crippen LogP contribution is -2.44. The number of nitrogens with zero attached hydrogens (tertiary/aromatic N) is 3. The Labute approximate surface area is 235 Å². The van der Waals surface area contributed by atoms with Gasteiger partial charge in [0.2, 0.25) is 15.9 Å². The molecule has 3 rings (SSSR count). The second-order valence-electron chi connectivity index (χ2n) is 10.5. The quantitative estimate of drug-likeness (QED) is 0.243. The summed E-state index contributed by atoms with van der Waals surface area (Å²) in [6.45, 7) is 8.82. The van der Waals surface area contributed by atoms with E-state index in [9.17, 15) is 13.2 Å². The Hall–Kier alpha value is -2.20. The molecule has 1 aromatic heterocycles. The van der Waals surface area contributed by atoms with E-state index in [4.69, 9.17) is 9.15 Å². The number of sulfonamides is 1. The fourth-order valence-electron chi connectivity index (χ4n) is 4.85. The number of ether oxygens (including phenoxy) is 1. The van der Waals surface area contributed by atoms with Crippen molar-refractivity contribution in [2.24, 2.45) is 0 Å². The van der Waals surface area contributed by atoms with E-state index in [0.29, 0.717) is 51.4 Å². The topological polar surface area (TPSA) is 83.3 Å². The summed E-state index contributed by atoms with van der Waals surface area (Å²) in [7, 11) is -3.57. The van der Waals surface area contributed by atoms with Crippen LogP contribution in [0.1, 0.15) is 69.0 Å². The normalized spacial score (nSPS) is 14.6. The minimum atomic E-state index is -3.57. The van der Waals surface area contributed by atoms with E-state index in [1.807, 2.05) is 49.4 Å². The number of unbranched alkanes of at least 4 members (excludes halogenated alkanes) is 5. The van der Waals surface area contributed by atoms with E-state index in [1.54, 1.807) is 4.90 Å². The third kappa shape index (κ3) is 11.4. The largest absolute Gasteiger partial charge is 0.464 e. The minimum absolute atomic E-state index is 0.0834. The summed E-state index contributed by atoms with van der Waals surface area (Å²) in [5.74, 6) is 1.33. The lowest BCUT2D eigenvalue weighted by molar-refractivity contribution is -0.133. The number of rotatable bonds is 18. The van der Waals surface area contributed by atoms with Crippen LogP contribution in [-0.2, 0) is 32.6 Å². The summed E-state index contributed by atoms with van der Waals surface area (Å²) < 4.78 is 39.6.